The Balaban J connectivity index is 2.14. The number of carboxylic acids is 1. The first-order chi connectivity index (χ1) is 8.49. The molecule has 6 heteroatoms. The van der Waals surface area contributed by atoms with Gasteiger partial charge in [-0.3, -0.25) is 4.79 Å². The molecule has 0 spiro atoms. The number of nitrogens with zero attached hydrogens (tertiary/aromatic N) is 2. The molecule has 0 aliphatic heterocycles. The molecule has 0 aliphatic rings. The van der Waals surface area contributed by atoms with E-state index >= 15 is 0 Å². The number of carboxylic acid groups (broad SMARTS) is 1. The van der Waals surface area contributed by atoms with Crippen LogP contribution in [0.25, 0.3) is 0 Å². The van der Waals surface area contributed by atoms with Crippen LogP contribution in [-0.4, -0.2) is 27.3 Å². The first-order valence-corrected chi connectivity index (χ1v) is 6.24. The van der Waals surface area contributed by atoms with Crippen LogP contribution in [0, 0.1) is 12.8 Å². The van der Waals surface area contributed by atoms with E-state index in [9.17, 15) is 4.79 Å². The van der Waals surface area contributed by atoms with Crippen molar-refractivity contribution in [3.8, 4) is 0 Å². The van der Waals surface area contributed by atoms with Crippen LogP contribution in [0.5, 0.6) is 0 Å². The van der Waals surface area contributed by atoms with E-state index in [-0.39, 0.29) is 5.92 Å². The van der Waals surface area contributed by atoms with E-state index in [1.807, 2.05) is 0 Å². The van der Waals surface area contributed by atoms with Crippen molar-refractivity contribution in [1.82, 2.24) is 15.5 Å². The molecule has 0 saturated carbocycles. The lowest BCUT2D eigenvalue weighted by Gasteiger charge is -2.13. The Hall–Kier alpha value is -1.43. The first-order valence-electron chi connectivity index (χ1n) is 6.24. The summed E-state index contributed by atoms with van der Waals surface area (Å²) in [4.78, 5) is 14.7. The molecule has 2 unspecified atom stereocenters. The smallest absolute Gasteiger partial charge is 0.306 e. The van der Waals surface area contributed by atoms with Gasteiger partial charge in [-0.15, -0.1) is 0 Å². The maximum Gasteiger partial charge on any atom is 0.306 e. The second kappa shape index (κ2) is 7.10. The first kappa shape index (κ1) is 14.6. The maximum atomic E-state index is 10.6. The number of aryl methyl sites for hydroxylation is 1. The molecule has 1 aromatic heterocycles. The number of nitrogens with one attached hydrogen (secondary N) is 1. The van der Waals surface area contributed by atoms with Gasteiger partial charge in [0.15, 0.2) is 5.82 Å². The largest absolute Gasteiger partial charge is 0.481 e. The van der Waals surface area contributed by atoms with Crippen LogP contribution in [0.4, 0.5) is 0 Å². The molecule has 2 N–H and O–H groups in total. The maximum absolute atomic E-state index is 10.6. The molecule has 0 radical (unpaired) electrons. The fourth-order valence-corrected chi connectivity index (χ4v) is 1.63. The van der Waals surface area contributed by atoms with Crippen molar-refractivity contribution in [2.45, 2.75) is 52.6 Å². The Kier molecular flexibility index (Phi) is 5.77. The molecular weight excluding hydrogens is 234 g/mol. The Bertz CT molecular complexity index is 378. The van der Waals surface area contributed by atoms with Crippen molar-refractivity contribution < 1.29 is 14.4 Å². The van der Waals surface area contributed by atoms with Crippen molar-refractivity contribution in [3.63, 3.8) is 0 Å². The molecule has 1 aromatic rings. The van der Waals surface area contributed by atoms with Gasteiger partial charge in [0.2, 0.25) is 5.89 Å². The average Bonchev–Trinajstić information content (AvgIpc) is 2.72. The highest BCUT2D eigenvalue weighted by Crippen LogP contribution is 2.09. The molecule has 2 atom stereocenters. The van der Waals surface area contributed by atoms with Crippen LogP contribution >= 0.6 is 0 Å². The third-order valence-corrected chi connectivity index (χ3v) is 2.87. The van der Waals surface area contributed by atoms with Gasteiger partial charge in [-0.2, -0.15) is 4.98 Å². The zero-order valence-electron chi connectivity index (χ0n) is 11.1. The van der Waals surface area contributed by atoms with Crippen LogP contribution in [0.15, 0.2) is 4.52 Å². The molecule has 0 amide bonds. The Labute approximate surface area is 107 Å². The summed E-state index contributed by atoms with van der Waals surface area (Å²) in [5.74, 6) is 0.225. The van der Waals surface area contributed by atoms with E-state index in [2.05, 4.69) is 22.4 Å². The summed E-state index contributed by atoms with van der Waals surface area (Å²) >= 11 is 0. The Morgan fingerprint density at radius 2 is 2.17 bits per heavy atom. The van der Waals surface area contributed by atoms with Gasteiger partial charge in [0.25, 0.3) is 0 Å². The van der Waals surface area contributed by atoms with Crippen molar-refractivity contribution in [3.05, 3.63) is 11.7 Å². The monoisotopic (exact) mass is 255 g/mol. The van der Waals surface area contributed by atoms with E-state index in [1.54, 1.807) is 13.8 Å². The summed E-state index contributed by atoms with van der Waals surface area (Å²) in [6.45, 7) is 6.14. The predicted molar refractivity (Wildman–Crippen MR) is 66.0 cm³/mol. The van der Waals surface area contributed by atoms with Crippen LogP contribution in [-0.2, 0) is 11.3 Å². The highest BCUT2D eigenvalue weighted by Gasteiger charge is 2.11. The minimum atomic E-state index is -0.724. The van der Waals surface area contributed by atoms with Crippen LogP contribution < -0.4 is 5.32 Å². The third-order valence-electron chi connectivity index (χ3n) is 2.87. The fourth-order valence-electron chi connectivity index (χ4n) is 1.63. The summed E-state index contributed by atoms with van der Waals surface area (Å²) in [5, 5.41) is 15.8. The van der Waals surface area contributed by atoms with E-state index in [0.717, 1.165) is 12.8 Å². The van der Waals surface area contributed by atoms with Gasteiger partial charge in [0, 0.05) is 13.0 Å². The lowest BCUT2D eigenvalue weighted by Crippen LogP contribution is -2.26. The van der Waals surface area contributed by atoms with Gasteiger partial charge in [-0.25, -0.2) is 0 Å². The number of aromatic nitrogens is 2. The topological polar surface area (TPSA) is 88.2 Å². The molecule has 1 heterocycles. The zero-order valence-corrected chi connectivity index (χ0v) is 11.1. The molecule has 0 aliphatic carbocycles. The predicted octanol–water partition coefficient (Wildman–Crippen LogP) is 1.75. The second-order valence-electron chi connectivity index (χ2n) is 4.68. The number of aliphatic carboxylic acids is 1. The standard InChI is InChI=1S/C12H21N3O3/c1-8(12(16)17)5-4-6-9(2)13-7-11-14-10(3)18-15-11/h8-9,13H,4-7H2,1-3H3,(H,16,17). The minimum absolute atomic E-state index is 0.267. The molecule has 0 bridgehead atoms. The van der Waals surface area contributed by atoms with E-state index < -0.39 is 5.97 Å². The molecule has 18 heavy (non-hydrogen) atoms. The van der Waals surface area contributed by atoms with Crippen molar-refractivity contribution >= 4 is 5.97 Å². The molecule has 1 rings (SSSR count). The number of rotatable bonds is 8. The normalized spacial score (nSPS) is 14.4. The summed E-state index contributed by atoms with van der Waals surface area (Å²) < 4.78 is 4.87. The van der Waals surface area contributed by atoms with Gasteiger partial charge in [0.1, 0.15) is 0 Å². The van der Waals surface area contributed by atoms with Crippen LogP contribution in [0.2, 0.25) is 0 Å². The molecule has 0 fully saturated rings. The highest BCUT2D eigenvalue weighted by molar-refractivity contribution is 5.69. The third kappa shape index (κ3) is 5.27. The summed E-state index contributed by atoms with van der Waals surface area (Å²) in [6.07, 6.45) is 2.55. The molecule has 0 saturated heterocycles. The van der Waals surface area contributed by atoms with Crippen molar-refractivity contribution in [1.29, 1.82) is 0 Å². The number of hydrogen-bond acceptors (Lipinski definition) is 5. The van der Waals surface area contributed by atoms with Gasteiger partial charge >= 0.3 is 5.97 Å². The van der Waals surface area contributed by atoms with Gasteiger partial charge < -0.3 is 14.9 Å². The van der Waals surface area contributed by atoms with Crippen LogP contribution in [0.1, 0.15) is 44.8 Å². The molecule has 6 nitrogen and oxygen atoms in total. The summed E-state index contributed by atoms with van der Waals surface area (Å²) in [6, 6.07) is 0.310. The summed E-state index contributed by atoms with van der Waals surface area (Å²) in [7, 11) is 0. The fraction of sp³-hybridized carbons (Fsp3) is 0.750. The van der Waals surface area contributed by atoms with Gasteiger partial charge in [-0.05, 0) is 19.8 Å². The second-order valence-corrected chi connectivity index (χ2v) is 4.68. The van der Waals surface area contributed by atoms with E-state index in [0.29, 0.717) is 30.7 Å². The summed E-state index contributed by atoms with van der Waals surface area (Å²) in [5.41, 5.74) is 0. The van der Waals surface area contributed by atoms with Crippen LogP contribution in [0.3, 0.4) is 0 Å². The van der Waals surface area contributed by atoms with Gasteiger partial charge in [-0.1, -0.05) is 18.5 Å². The zero-order chi connectivity index (χ0) is 13.5. The van der Waals surface area contributed by atoms with Crippen molar-refractivity contribution in [2.75, 3.05) is 0 Å². The van der Waals surface area contributed by atoms with E-state index in [1.165, 1.54) is 0 Å². The van der Waals surface area contributed by atoms with Crippen molar-refractivity contribution in [2.24, 2.45) is 5.92 Å². The SMILES string of the molecule is Cc1nc(CNC(C)CCCC(C)C(=O)O)no1. The average molecular weight is 255 g/mol. The van der Waals surface area contributed by atoms with Gasteiger partial charge in [0.05, 0.1) is 12.5 Å². The molecule has 0 aromatic carbocycles. The molecule has 102 valence electrons. The Morgan fingerprint density at radius 3 is 2.72 bits per heavy atom. The van der Waals surface area contributed by atoms with E-state index in [4.69, 9.17) is 9.63 Å². The highest BCUT2D eigenvalue weighted by atomic mass is 16.5. The Morgan fingerprint density at radius 1 is 1.44 bits per heavy atom. The molecular formula is C12H21N3O3. The number of carbonyl (C=O) groups is 1. The lowest BCUT2D eigenvalue weighted by molar-refractivity contribution is -0.141. The quantitative estimate of drug-likeness (QED) is 0.735. The lowest BCUT2D eigenvalue weighted by atomic mass is 10.0. The number of hydrogen-bond donors (Lipinski definition) is 2. The minimum Gasteiger partial charge on any atom is -0.481 e.